The van der Waals surface area contributed by atoms with Gasteiger partial charge in [0.1, 0.15) is 5.69 Å². The lowest BCUT2D eigenvalue weighted by atomic mass is 9.92. The van der Waals surface area contributed by atoms with Crippen molar-refractivity contribution >= 4 is 23.1 Å². The van der Waals surface area contributed by atoms with Gasteiger partial charge in [0.2, 0.25) is 0 Å². The second kappa shape index (κ2) is 16.2. The van der Waals surface area contributed by atoms with Crippen LogP contribution in [0.2, 0.25) is 0 Å². The molecule has 0 spiro atoms. The van der Waals surface area contributed by atoms with Gasteiger partial charge in [0.25, 0.3) is 5.91 Å². The highest BCUT2D eigenvalue weighted by atomic mass is 16.1. The number of amides is 1. The molecular formula is C44H53N9O. The molecule has 10 heteroatoms. The molecule has 0 saturated heterocycles. The Morgan fingerprint density at radius 3 is 1.81 bits per heavy atom. The number of aromatic nitrogens is 2. The van der Waals surface area contributed by atoms with Gasteiger partial charge in [0, 0.05) is 46.7 Å². The molecule has 0 unspecified atom stereocenters. The number of hydrazine groups is 2. The van der Waals surface area contributed by atoms with Crippen LogP contribution in [0.5, 0.6) is 0 Å². The van der Waals surface area contributed by atoms with E-state index in [0.29, 0.717) is 42.0 Å². The van der Waals surface area contributed by atoms with Crippen LogP contribution in [0.4, 0.5) is 11.4 Å². The number of carbonyl (C=O) groups is 1. The number of anilines is 2. The third-order valence-corrected chi connectivity index (χ3v) is 9.73. The van der Waals surface area contributed by atoms with Crippen molar-refractivity contribution in [3.63, 3.8) is 0 Å². The highest BCUT2D eigenvalue weighted by Gasteiger charge is 2.28. The van der Waals surface area contributed by atoms with Crippen LogP contribution < -0.4 is 32.9 Å². The molecule has 1 amide bonds. The summed E-state index contributed by atoms with van der Waals surface area (Å²) in [6.07, 6.45) is 1.61. The van der Waals surface area contributed by atoms with E-state index in [0.717, 1.165) is 85.8 Å². The van der Waals surface area contributed by atoms with Gasteiger partial charge in [0.15, 0.2) is 5.84 Å². The number of aryl methyl sites for hydroxylation is 4. The summed E-state index contributed by atoms with van der Waals surface area (Å²) >= 11 is 0. The van der Waals surface area contributed by atoms with Gasteiger partial charge in [-0.1, -0.05) is 99.5 Å². The van der Waals surface area contributed by atoms with E-state index < -0.39 is 0 Å². The SMILES string of the molecule is Cc1ccc(-c2c(CN)c(CC(C)C)nc(C)c2NC(=O)c2cccc(C3=NNN(c4c(C)nc(CC(C)C)c(CN)c4-c4ccc(C)cc4)N3)c2)cc1. The van der Waals surface area contributed by atoms with Crippen LogP contribution in [0.25, 0.3) is 22.3 Å². The maximum atomic E-state index is 14.1. The minimum Gasteiger partial charge on any atom is -0.326 e. The van der Waals surface area contributed by atoms with Crippen LogP contribution >= 0.6 is 0 Å². The summed E-state index contributed by atoms with van der Waals surface area (Å²) in [7, 11) is 0. The summed E-state index contributed by atoms with van der Waals surface area (Å²) in [6.45, 7) is 17.5. The van der Waals surface area contributed by atoms with Gasteiger partial charge in [-0.15, -0.1) is 5.10 Å². The largest absolute Gasteiger partial charge is 0.326 e. The van der Waals surface area contributed by atoms with E-state index in [1.807, 2.05) is 32.0 Å². The van der Waals surface area contributed by atoms with E-state index in [-0.39, 0.29) is 5.91 Å². The maximum absolute atomic E-state index is 14.1. The molecule has 2 aromatic heterocycles. The van der Waals surface area contributed by atoms with E-state index in [2.05, 4.69) is 111 Å². The molecule has 0 fully saturated rings. The fraction of sp³-hybridized carbons (Fsp3) is 0.318. The smallest absolute Gasteiger partial charge is 0.255 e. The third kappa shape index (κ3) is 8.00. The molecule has 0 atom stereocenters. The molecule has 54 heavy (non-hydrogen) atoms. The molecule has 0 radical (unpaired) electrons. The van der Waals surface area contributed by atoms with Gasteiger partial charge < -0.3 is 16.8 Å². The first-order valence-corrected chi connectivity index (χ1v) is 18.8. The average molecular weight is 724 g/mol. The van der Waals surface area contributed by atoms with Crippen molar-refractivity contribution in [3.05, 3.63) is 129 Å². The Kier molecular flexibility index (Phi) is 11.4. The number of hydrazone groups is 1. The molecule has 7 N–H and O–H groups in total. The number of hydrogen-bond donors (Lipinski definition) is 5. The standard InChI is InChI=1S/C44H53N9O/c1-25(2)20-37-35(23-45)39(31-16-12-27(5)13-17-31)41(29(7)47-37)49-44(54)34-11-9-10-33(22-34)43-50-52-53(51-43)42-30(8)48-38(21-26(3)4)36(24-46)40(42)32-18-14-28(6)15-19-32/h9-19,22,25-26,52H,20-21,23-24,45-46H2,1-8H3,(H,49,54)(H,50,51). The van der Waals surface area contributed by atoms with Crippen LogP contribution in [0.3, 0.4) is 0 Å². The Balaban J connectivity index is 1.33. The number of hydrogen-bond acceptors (Lipinski definition) is 9. The summed E-state index contributed by atoms with van der Waals surface area (Å²) < 4.78 is 0. The Morgan fingerprint density at radius 1 is 0.722 bits per heavy atom. The van der Waals surface area contributed by atoms with E-state index in [4.69, 9.17) is 21.4 Å². The van der Waals surface area contributed by atoms with Crippen LogP contribution in [0.1, 0.15) is 88.6 Å². The van der Waals surface area contributed by atoms with Gasteiger partial charge in [-0.05, 0) is 86.8 Å². The number of nitrogens with zero attached hydrogens (tertiary/aromatic N) is 4. The summed E-state index contributed by atoms with van der Waals surface area (Å²) in [5.74, 6) is 1.12. The topological polar surface area (TPSA) is 147 Å². The van der Waals surface area contributed by atoms with Crippen molar-refractivity contribution < 1.29 is 4.79 Å². The molecule has 1 aliphatic heterocycles. The number of rotatable bonds is 12. The van der Waals surface area contributed by atoms with Crippen molar-refractivity contribution in [2.24, 2.45) is 28.4 Å². The molecule has 5 aromatic rings. The monoisotopic (exact) mass is 723 g/mol. The van der Waals surface area contributed by atoms with Crippen molar-refractivity contribution in [1.82, 2.24) is 20.9 Å². The fourth-order valence-corrected chi connectivity index (χ4v) is 7.12. The number of pyridine rings is 2. The Labute approximate surface area is 319 Å². The lowest BCUT2D eigenvalue weighted by molar-refractivity contribution is 0.102. The molecule has 1 aliphatic rings. The second-order valence-electron chi connectivity index (χ2n) is 15.1. The first-order valence-electron chi connectivity index (χ1n) is 18.8. The predicted octanol–water partition coefficient (Wildman–Crippen LogP) is 7.80. The van der Waals surface area contributed by atoms with Crippen LogP contribution in [-0.4, -0.2) is 21.7 Å². The zero-order valence-corrected chi connectivity index (χ0v) is 32.8. The Bertz CT molecular complexity index is 2190. The molecule has 0 aliphatic carbocycles. The zero-order valence-electron chi connectivity index (χ0n) is 32.8. The molecule has 0 saturated carbocycles. The van der Waals surface area contributed by atoms with Gasteiger partial charge in [0.05, 0.1) is 17.1 Å². The lowest BCUT2D eigenvalue weighted by Crippen LogP contribution is -2.43. The number of nitrogens with one attached hydrogen (secondary N) is 3. The number of benzene rings is 3. The first kappa shape index (κ1) is 38.2. The van der Waals surface area contributed by atoms with E-state index in [1.165, 1.54) is 5.56 Å². The van der Waals surface area contributed by atoms with E-state index in [1.54, 1.807) is 11.2 Å². The summed E-state index contributed by atoms with van der Waals surface area (Å²) in [6, 6.07) is 24.2. The molecule has 3 aromatic carbocycles. The minimum atomic E-state index is -0.256. The van der Waals surface area contributed by atoms with E-state index in [9.17, 15) is 4.79 Å². The van der Waals surface area contributed by atoms with Gasteiger partial charge in [-0.25, -0.2) is 0 Å². The lowest BCUT2D eigenvalue weighted by Gasteiger charge is -2.26. The predicted molar refractivity (Wildman–Crippen MR) is 221 cm³/mol. The molecule has 10 nitrogen and oxygen atoms in total. The normalized spacial score (nSPS) is 12.6. The van der Waals surface area contributed by atoms with Gasteiger partial charge in [-0.3, -0.25) is 20.2 Å². The van der Waals surface area contributed by atoms with Crippen molar-refractivity contribution in [3.8, 4) is 22.3 Å². The number of carbonyl (C=O) groups excluding carboxylic acids is 1. The second-order valence-corrected chi connectivity index (χ2v) is 15.1. The van der Waals surface area contributed by atoms with Crippen molar-refractivity contribution in [2.45, 2.75) is 81.3 Å². The van der Waals surface area contributed by atoms with Gasteiger partial charge in [-0.2, -0.15) is 10.7 Å². The molecule has 6 rings (SSSR count). The van der Waals surface area contributed by atoms with Crippen LogP contribution in [0, 0.1) is 39.5 Å². The average Bonchev–Trinajstić information content (AvgIpc) is 3.62. The van der Waals surface area contributed by atoms with Crippen molar-refractivity contribution in [1.29, 1.82) is 0 Å². The quantitative estimate of drug-likeness (QED) is 0.0877. The number of amidine groups is 1. The summed E-state index contributed by atoms with van der Waals surface area (Å²) in [4.78, 5) is 24.1. The maximum Gasteiger partial charge on any atom is 0.255 e. The highest BCUT2D eigenvalue weighted by Crippen LogP contribution is 2.39. The number of nitrogens with two attached hydrogens (primary N) is 2. The molecule has 3 heterocycles. The summed E-state index contributed by atoms with van der Waals surface area (Å²) in [5, 5.41) is 9.67. The van der Waals surface area contributed by atoms with Crippen molar-refractivity contribution in [2.75, 3.05) is 10.4 Å². The fourth-order valence-electron chi connectivity index (χ4n) is 7.12. The first-order chi connectivity index (χ1) is 25.9. The Morgan fingerprint density at radius 2 is 1.26 bits per heavy atom. The zero-order chi connectivity index (χ0) is 38.7. The third-order valence-electron chi connectivity index (χ3n) is 9.73. The molecular weight excluding hydrogens is 671 g/mol. The van der Waals surface area contributed by atoms with Crippen LogP contribution in [0.15, 0.2) is 77.9 Å². The molecule has 0 bridgehead atoms. The van der Waals surface area contributed by atoms with Crippen LogP contribution in [-0.2, 0) is 25.9 Å². The highest BCUT2D eigenvalue weighted by molar-refractivity contribution is 6.09. The Hall–Kier alpha value is -5.58. The minimum absolute atomic E-state index is 0.256. The molecule has 280 valence electrons. The van der Waals surface area contributed by atoms with Gasteiger partial charge >= 0.3 is 0 Å². The summed E-state index contributed by atoms with van der Waals surface area (Å²) in [5.41, 5.74) is 34.0. The van der Waals surface area contributed by atoms with E-state index >= 15 is 0 Å².